The third-order valence-electron chi connectivity index (χ3n) is 5.33. The van der Waals surface area contributed by atoms with Crippen molar-refractivity contribution in [2.45, 2.75) is 26.4 Å². The summed E-state index contributed by atoms with van der Waals surface area (Å²) in [5, 5.41) is 10.3. The van der Waals surface area contributed by atoms with E-state index < -0.39 is 18.0 Å². The summed E-state index contributed by atoms with van der Waals surface area (Å²) in [6, 6.07) is 21.5. The molecule has 33 heavy (non-hydrogen) atoms. The normalized spacial score (nSPS) is 11.7. The number of amides is 1. The summed E-state index contributed by atoms with van der Waals surface area (Å²) in [7, 11) is 0. The van der Waals surface area contributed by atoms with Crippen LogP contribution in [0.2, 0.25) is 0 Å². The van der Waals surface area contributed by atoms with Crippen molar-refractivity contribution < 1.29 is 14.3 Å². The number of aromatic amines is 1. The van der Waals surface area contributed by atoms with Crippen LogP contribution in [-0.2, 0) is 20.7 Å². The van der Waals surface area contributed by atoms with E-state index in [1.165, 1.54) is 0 Å². The van der Waals surface area contributed by atoms with Gasteiger partial charge in [0.2, 0.25) is 6.10 Å². The van der Waals surface area contributed by atoms with Crippen LogP contribution in [-0.4, -0.2) is 22.1 Å². The molecule has 4 aromatic rings. The molecule has 0 aliphatic carbocycles. The van der Waals surface area contributed by atoms with E-state index >= 15 is 0 Å². The molecule has 3 aromatic carbocycles. The van der Waals surface area contributed by atoms with E-state index in [9.17, 15) is 14.4 Å². The Bertz CT molecular complexity index is 1380. The quantitative estimate of drug-likeness (QED) is 0.441. The minimum absolute atomic E-state index is 0.197. The van der Waals surface area contributed by atoms with E-state index in [0.29, 0.717) is 27.7 Å². The molecule has 0 bridgehead atoms. The molecule has 0 fully saturated rings. The molecule has 0 saturated heterocycles. The Morgan fingerprint density at radius 2 is 1.67 bits per heavy atom. The van der Waals surface area contributed by atoms with Gasteiger partial charge in [-0.1, -0.05) is 60.7 Å². The number of aryl methyl sites for hydroxylation is 2. The molecule has 0 aliphatic rings. The number of fused-ring (bicyclic) bond motifs is 1. The number of hydrogen-bond donors (Lipinski definition) is 2. The van der Waals surface area contributed by atoms with Gasteiger partial charge in [-0.3, -0.25) is 14.4 Å². The van der Waals surface area contributed by atoms with Crippen LogP contribution in [0.5, 0.6) is 0 Å². The van der Waals surface area contributed by atoms with Gasteiger partial charge in [0.1, 0.15) is 0 Å². The van der Waals surface area contributed by atoms with Gasteiger partial charge in [-0.25, -0.2) is 5.10 Å². The number of aromatic nitrogens is 2. The van der Waals surface area contributed by atoms with Gasteiger partial charge in [0.15, 0.2) is 0 Å². The van der Waals surface area contributed by atoms with Gasteiger partial charge < -0.3 is 10.1 Å². The number of hydrogen-bond acceptors (Lipinski definition) is 5. The number of nitrogens with one attached hydrogen (secondary N) is 2. The molecule has 0 saturated carbocycles. The van der Waals surface area contributed by atoms with E-state index in [1.807, 2.05) is 38.1 Å². The first-order valence-corrected chi connectivity index (χ1v) is 10.5. The van der Waals surface area contributed by atoms with Crippen molar-refractivity contribution in [2.24, 2.45) is 0 Å². The lowest BCUT2D eigenvalue weighted by atomic mass is 10.1. The van der Waals surface area contributed by atoms with Gasteiger partial charge in [-0.2, -0.15) is 5.10 Å². The first-order chi connectivity index (χ1) is 15.9. The maximum atomic E-state index is 13.2. The monoisotopic (exact) mass is 441 g/mol. The number of carbonyl (C=O) groups excluding carboxylic acids is 2. The van der Waals surface area contributed by atoms with Crippen LogP contribution in [0.1, 0.15) is 28.5 Å². The van der Waals surface area contributed by atoms with E-state index in [1.54, 1.807) is 48.5 Å². The van der Waals surface area contributed by atoms with Crippen LogP contribution < -0.4 is 10.9 Å². The molecular weight excluding hydrogens is 418 g/mol. The van der Waals surface area contributed by atoms with Gasteiger partial charge in [-0.15, -0.1) is 0 Å². The highest BCUT2D eigenvalue weighted by Crippen LogP contribution is 2.23. The molecule has 1 amide bonds. The van der Waals surface area contributed by atoms with Crippen molar-refractivity contribution in [2.75, 3.05) is 5.32 Å². The molecule has 0 aliphatic heterocycles. The fourth-order valence-corrected chi connectivity index (χ4v) is 3.59. The largest absolute Gasteiger partial charge is 0.447 e. The molecule has 1 unspecified atom stereocenters. The minimum Gasteiger partial charge on any atom is -0.447 e. The average molecular weight is 441 g/mol. The number of nitrogens with zero attached hydrogens (tertiary/aromatic N) is 1. The van der Waals surface area contributed by atoms with Crippen molar-refractivity contribution in [3.05, 3.63) is 106 Å². The van der Waals surface area contributed by atoms with Crippen molar-refractivity contribution in [3.63, 3.8) is 0 Å². The summed E-state index contributed by atoms with van der Waals surface area (Å²) in [4.78, 5) is 38.0. The molecule has 0 spiro atoms. The van der Waals surface area contributed by atoms with Gasteiger partial charge in [0.25, 0.3) is 11.5 Å². The van der Waals surface area contributed by atoms with Crippen molar-refractivity contribution >= 4 is 28.3 Å². The van der Waals surface area contributed by atoms with Crippen LogP contribution in [0.4, 0.5) is 5.69 Å². The zero-order valence-electron chi connectivity index (χ0n) is 18.3. The SMILES string of the molecule is Cc1ccc(C)c(NC(=O)C(OC(=O)Cc2n[nH]c(=O)c3ccccc23)c2ccccc2)c1. The molecule has 166 valence electrons. The lowest BCUT2D eigenvalue weighted by Crippen LogP contribution is -2.27. The molecule has 0 radical (unpaired) electrons. The highest BCUT2D eigenvalue weighted by molar-refractivity contribution is 5.97. The summed E-state index contributed by atoms with van der Waals surface area (Å²) in [5.41, 5.74) is 3.14. The first kappa shape index (κ1) is 22.0. The molecule has 1 atom stereocenters. The Morgan fingerprint density at radius 3 is 2.42 bits per heavy atom. The molecule has 2 N–H and O–H groups in total. The zero-order chi connectivity index (χ0) is 23.4. The third kappa shape index (κ3) is 4.98. The van der Waals surface area contributed by atoms with Crippen molar-refractivity contribution in [1.82, 2.24) is 10.2 Å². The van der Waals surface area contributed by atoms with Crippen molar-refractivity contribution in [3.8, 4) is 0 Å². The van der Waals surface area contributed by atoms with E-state index in [2.05, 4.69) is 15.5 Å². The van der Waals surface area contributed by atoms with E-state index in [4.69, 9.17) is 4.74 Å². The molecule has 1 aromatic heterocycles. The van der Waals surface area contributed by atoms with Crippen LogP contribution >= 0.6 is 0 Å². The van der Waals surface area contributed by atoms with E-state index in [-0.39, 0.29) is 12.0 Å². The van der Waals surface area contributed by atoms with Crippen LogP contribution in [0.15, 0.2) is 77.6 Å². The Hall–Kier alpha value is -4.26. The topological polar surface area (TPSA) is 101 Å². The number of H-pyrrole nitrogens is 1. The molecule has 1 heterocycles. The maximum Gasteiger partial charge on any atom is 0.313 e. The van der Waals surface area contributed by atoms with Crippen LogP contribution in [0.25, 0.3) is 10.8 Å². The van der Waals surface area contributed by atoms with Gasteiger partial charge in [-0.05, 0) is 37.1 Å². The summed E-state index contributed by atoms with van der Waals surface area (Å²) >= 11 is 0. The predicted octanol–water partition coefficient (Wildman–Crippen LogP) is 4.01. The Balaban J connectivity index is 1.59. The summed E-state index contributed by atoms with van der Waals surface area (Å²) < 4.78 is 5.64. The standard InChI is InChI=1S/C26H23N3O4/c1-16-12-13-17(2)21(14-16)27-26(32)24(18-8-4-3-5-9-18)33-23(30)15-22-19-10-6-7-11-20(19)25(31)29-28-22/h3-14,24H,15H2,1-2H3,(H,27,32)(H,29,31). The number of anilines is 1. The Morgan fingerprint density at radius 1 is 0.970 bits per heavy atom. The number of carbonyl (C=O) groups is 2. The average Bonchev–Trinajstić information content (AvgIpc) is 2.82. The Kier molecular flexibility index (Phi) is 6.31. The zero-order valence-corrected chi connectivity index (χ0v) is 18.3. The van der Waals surface area contributed by atoms with Gasteiger partial charge in [0.05, 0.1) is 17.5 Å². The van der Waals surface area contributed by atoms with Crippen LogP contribution in [0, 0.1) is 13.8 Å². The van der Waals surface area contributed by atoms with E-state index in [0.717, 1.165) is 11.1 Å². The maximum absolute atomic E-state index is 13.2. The molecule has 7 heteroatoms. The first-order valence-electron chi connectivity index (χ1n) is 10.5. The Labute approximate surface area is 190 Å². The summed E-state index contributed by atoms with van der Waals surface area (Å²) in [6.07, 6.45) is -1.34. The van der Waals surface area contributed by atoms with Crippen LogP contribution in [0.3, 0.4) is 0 Å². The third-order valence-corrected chi connectivity index (χ3v) is 5.33. The minimum atomic E-state index is -1.15. The molecule has 7 nitrogen and oxygen atoms in total. The fraction of sp³-hybridized carbons (Fsp3) is 0.154. The molecule has 4 rings (SSSR count). The lowest BCUT2D eigenvalue weighted by Gasteiger charge is -2.19. The second-order valence-corrected chi connectivity index (χ2v) is 7.81. The second kappa shape index (κ2) is 9.48. The second-order valence-electron chi connectivity index (χ2n) is 7.81. The lowest BCUT2D eigenvalue weighted by molar-refractivity contribution is -0.154. The summed E-state index contributed by atoms with van der Waals surface area (Å²) in [6.45, 7) is 3.83. The molecular formula is C26H23N3O4. The number of ether oxygens (including phenoxy) is 1. The predicted molar refractivity (Wildman–Crippen MR) is 126 cm³/mol. The fourth-order valence-electron chi connectivity index (χ4n) is 3.59. The number of esters is 1. The number of benzene rings is 3. The highest BCUT2D eigenvalue weighted by atomic mass is 16.5. The smallest absolute Gasteiger partial charge is 0.313 e. The van der Waals surface area contributed by atoms with Gasteiger partial charge in [0, 0.05) is 16.6 Å². The van der Waals surface area contributed by atoms with Crippen molar-refractivity contribution in [1.29, 1.82) is 0 Å². The summed E-state index contributed by atoms with van der Waals surface area (Å²) in [5.74, 6) is -1.09. The van der Waals surface area contributed by atoms with Gasteiger partial charge >= 0.3 is 5.97 Å². The number of rotatable bonds is 6. The highest BCUT2D eigenvalue weighted by Gasteiger charge is 2.26.